The van der Waals surface area contributed by atoms with Crippen LogP contribution in [-0.4, -0.2) is 37.0 Å². The molecular formula is C11H20F3NO. The van der Waals surface area contributed by atoms with Crippen molar-refractivity contribution in [1.82, 2.24) is 4.90 Å². The lowest BCUT2D eigenvalue weighted by atomic mass is 9.83. The predicted molar refractivity (Wildman–Crippen MR) is 57.2 cm³/mol. The van der Waals surface area contributed by atoms with E-state index in [1.807, 2.05) is 13.8 Å². The lowest BCUT2D eigenvalue weighted by molar-refractivity contribution is -0.150. The summed E-state index contributed by atoms with van der Waals surface area (Å²) in [7, 11) is 0. The molecule has 0 aromatic heterocycles. The zero-order valence-electron chi connectivity index (χ0n) is 10.1. The molecule has 0 saturated carbocycles. The highest BCUT2D eigenvalue weighted by atomic mass is 19.4. The Hall–Kier alpha value is -0.580. The number of hydrogen-bond donors (Lipinski definition) is 0. The van der Waals surface area contributed by atoms with Crippen molar-refractivity contribution in [2.45, 2.75) is 39.8 Å². The van der Waals surface area contributed by atoms with E-state index in [0.29, 0.717) is 19.4 Å². The fourth-order valence-electron chi connectivity index (χ4n) is 1.66. The summed E-state index contributed by atoms with van der Waals surface area (Å²) >= 11 is 0. The molecular weight excluding hydrogens is 219 g/mol. The Morgan fingerprint density at radius 2 is 1.56 bits per heavy atom. The molecule has 0 aromatic carbocycles. The molecule has 0 fully saturated rings. The molecule has 0 saturated heterocycles. The van der Waals surface area contributed by atoms with Gasteiger partial charge in [0, 0.05) is 12.0 Å². The van der Waals surface area contributed by atoms with Crippen LogP contribution in [0.5, 0.6) is 0 Å². The van der Waals surface area contributed by atoms with Crippen molar-refractivity contribution in [2.75, 3.05) is 19.6 Å². The molecule has 0 aromatic rings. The SMILES string of the molecule is CCN(CC(F)(F)F)CC(C=O)(CC)CC. The monoisotopic (exact) mass is 239 g/mol. The number of carbonyl (C=O) groups is 1. The Morgan fingerprint density at radius 1 is 1.06 bits per heavy atom. The minimum atomic E-state index is -4.20. The van der Waals surface area contributed by atoms with E-state index in [4.69, 9.17) is 0 Å². The number of carbonyl (C=O) groups excluding carboxylic acids is 1. The molecule has 16 heavy (non-hydrogen) atoms. The third-order valence-corrected chi connectivity index (χ3v) is 3.05. The van der Waals surface area contributed by atoms with Crippen molar-refractivity contribution in [3.05, 3.63) is 0 Å². The Balaban J connectivity index is 4.56. The fourth-order valence-corrected chi connectivity index (χ4v) is 1.66. The molecule has 0 aliphatic rings. The molecule has 5 heteroatoms. The van der Waals surface area contributed by atoms with Crippen LogP contribution in [0.2, 0.25) is 0 Å². The van der Waals surface area contributed by atoms with E-state index in [9.17, 15) is 18.0 Å². The van der Waals surface area contributed by atoms with Gasteiger partial charge in [-0.25, -0.2) is 0 Å². The van der Waals surface area contributed by atoms with Crippen LogP contribution in [0.25, 0.3) is 0 Å². The number of aldehydes is 1. The highest BCUT2D eigenvalue weighted by molar-refractivity contribution is 5.59. The van der Waals surface area contributed by atoms with Gasteiger partial charge in [-0.3, -0.25) is 4.90 Å². The van der Waals surface area contributed by atoms with Crippen LogP contribution in [-0.2, 0) is 4.79 Å². The number of nitrogens with zero attached hydrogens (tertiary/aromatic N) is 1. The second kappa shape index (κ2) is 6.23. The Morgan fingerprint density at radius 3 is 1.81 bits per heavy atom. The second-order valence-corrected chi connectivity index (χ2v) is 4.11. The van der Waals surface area contributed by atoms with Gasteiger partial charge in [0.15, 0.2) is 0 Å². The summed E-state index contributed by atoms with van der Waals surface area (Å²) in [5.41, 5.74) is -0.638. The highest BCUT2D eigenvalue weighted by Crippen LogP contribution is 2.26. The number of rotatable bonds is 7. The van der Waals surface area contributed by atoms with Crippen LogP contribution in [0.4, 0.5) is 13.2 Å². The fraction of sp³-hybridized carbons (Fsp3) is 0.909. The summed E-state index contributed by atoms with van der Waals surface area (Å²) < 4.78 is 36.7. The third kappa shape index (κ3) is 4.96. The Kier molecular flexibility index (Phi) is 6.00. The molecule has 0 aliphatic heterocycles. The average molecular weight is 239 g/mol. The van der Waals surface area contributed by atoms with Crippen molar-refractivity contribution >= 4 is 6.29 Å². The smallest absolute Gasteiger partial charge is 0.303 e. The van der Waals surface area contributed by atoms with Crippen LogP contribution in [0.3, 0.4) is 0 Å². The summed E-state index contributed by atoms with van der Waals surface area (Å²) in [5.74, 6) is 0. The van der Waals surface area contributed by atoms with Gasteiger partial charge in [0.2, 0.25) is 0 Å². The third-order valence-electron chi connectivity index (χ3n) is 3.05. The molecule has 0 spiro atoms. The van der Waals surface area contributed by atoms with Crippen molar-refractivity contribution in [3.8, 4) is 0 Å². The first-order valence-corrected chi connectivity index (χ1v) is 5.58. The van der Waals surface area contributed by atoms with E-state index in [1.54, 1.807) is 6.92 Å². The Labute approximate surface area is 94.8 Å². The van der Waals surface area contributed by atoms with Gasteiger partial charge in [0.1, 0.15) is 6.29 Å². The van der Waals surface area contributed by atoms with Crippen LogP contribution < -0.4 is 0 Å². The minimum absolute atomic E-state index is 0.180. The summed E-state index contributed by atoms with van der Waals surface area (Å²) in [4.78, 5) is 12.3. The summed E-state index contributed by atoms with van der Waals surface area (Å²) in [6, 6.07) is 0. The van der Waals surface area contributed by atoms with Crippen molar-refractivity contribution in [1.29, 1.82) is 0 Å². The van der Waals surface area contributed by atoms with E-state index in [0.717, 1.165) is 6.29 Å². The van der Waals surface area contributed by atoms with Crippen molar-refractivity contribution in [2.24, 2.45) is 5.41 Å². The van der Waals surface area contributed by atoms with Gasteiger partial charge in [-0.05, 0) is 19.4 Å². The number of hydrogen-bond acceptors (Lipinski definition) is 2. The molecule has 0 rings (SSSR count). The van der Waals surface area contributed by atoms with Gasteiger partial charge in [-0.2, -0.15) is 13.2 Å². The molecule has 0 N–H and O–H groups in total. The van der Waals surface area contributed by atoms with Crippen LogP contribution in [0, 0.1) is 5.41 Å². The van der Waals surface area contributed by atoms with Gasteiger partial charge in [-0.1, -0.05) is 20.8 Å². The molecule has 2 nitrogen and oxygen atoms in total. The minimum Gasteiger partial charge on any atom is -0.303 e. The average Bonchev–Trinajstić information content (AvgIpc) is 2.23. The molecule has 96 valence electrons. The number of halogens is 3. The topological polar surface area (TPSA) is 20.3 Å². The molecule has 0 unspecified atom stereocenters. The van der Waals surface area contributed by atoms with E-state index in [1.165, 1.54) is 4.90 Å². The van der Waals surface area contributed by atoms with Crippen molar-refractivity contribution < 1.29 is 18.0 Å². The molecule has 0 atom stereocenters. The lowest BCUT2D eigenvalue weighted by Gasteiger charge is -2.32. The van der Waals surface area contributed by atoms with Gasteiger partial charge in [-0.15, -0.1) is 0 Å². The van der Waals surface area contributed by atoms with Gasteiger partial charge in [0.05, 0.1) is 6.54 Å². The van der Waals surface area contributed by atoms with Crippen LogP contribution in [0.1, 0.15) is 33.6 Å². The normalized spacial score (nSPS) is 13.2. The Bertz CT molecular complexity index is 212. The second-order valence-electron chi connectivity index (χ2n) is 4.11. The molecule has 0 aliphatic carbocycles. The summed E-state index contributed by atoms with van der Waals surface area (Å²) in [5, 5.41) is 0. The standard InChI is InChI=1S/C11H20F3NO/c1-4-10(5-2,9-16)7-15(6-3)8-11(12,13)14/h9H,4-8H2,1-3H3. The maximum absolute atomic E-state index is 12.2. The largest absolute Gasteiger partial charge is 0.401 e. The van der Waals surface area contributed by atoms with Crippen LogP contribution >= 0.6 is 0 Å². The van der Waals surface area contributed by atoms with E-state index < -0.39 is 18.1 Å². The van der Waals surface area contributed by atoms with Crippen LogP contribution in [0.15, 0.2) is 0 Å². The van der Waals surface area contributed by atoms with Gasteiger partial charge < -0.3 is 4.79 Å². The lowest BCUT2D eigenvalue weighted by Crippen LogP contribution is -2.42. The first kappa shape index (κ1) is 15.4. The number of alkyl halides is 3. The summed E-state index contributed by atoms with van der Waals surface area (Å²) in [6.07, 6.45) is -2.26. The van der Waals surface area contributed by atoms with Gasteiger partial charge in [0.25, 0.3) is 0 Å². The molecule has 0 bridgehead atoms. The maximum Gasteiger partial charge on any atom is 0.401 e. The van der Waals surface area contributed by atoms with Gasteiger partial charge >= 0.3 is 6.18 Å². The van der Waals surface area contributed by atoms with Crippen molar-refractivity contribution in [3.63, 3.8) is 0 Å². The first-order chi connectivity index (χ1) is 7.32. The van der Waals surface area contributed by atoms with E-state index >= 15 is 0 Å². The molecule has 0 radical (unpaired) electrons. The van der Waals surface area contributed by atoms with E-state index in [-0.39, 0.29) is 6.54 Å². The zero-order valence-corrected chi connectivity index (χ0v) is 10.1. The molecule has 0 heterocycles. The summed E-state index contributed by atoms with van der Waals surface area (Å²) in [6.45, 7) is 4.87. The predicted octanol–water partition coefficient (Wildman–Crippen LogP) is 2.88. The van der Waals surface area contributed by atoms with E-state index in [2.05, 4.69) is 0 Å². The quantitative estimate of drug-likeness (QED) is 0.637. The maximum atomic E-state index is 12.2. The first-order valence-electron chi connectivity index (χ1n) is 5.58. The highest BCUT2D eigenvalue weighted by Gasteiger charge is 2.34. The zero-order chi connectivity index (χ0) is 12.8. The molecule has 0 amide bonds.